The third-order valence-corrected chi connectivity index (χ3v) is 6.89. The molecule has 2 aliphatic heterocycles. The van der Waals surface area contributed by atoms with Gasteiger partial charge in [-0.05, 0) is 43.2 Å². The molecular formula is C23H27FNO3+. The zero-order valence-electron chi connectivity index (χ0n) is 16.0. The van der Waals surface area contributed by atoms with E-state index in [9.17, 15) is 9.50 Å². The van der Waals surface area contributed by atoms with Crippen molar-refractivity contribution in [2.75, 3.05) is 13.3 Å². The summed E-state index contributed by atoms with van der Waals surface area (Å²) in [5.74, 6) is 1.61. The van der Waals surface area contributed by atoms with Crippen molar-refractivity contribution in [1.29, 1.82) is 0 Å². The average Bonchev–Trinajstić information content (AvgIpc) is 3.17. The molecule has 1 saturated carbocycles. The van der Waals surface area contributed by atoms with Crippen molar-refractivity contribution in [1.82, 2.24) is 0 Å². The molecule has 4 nitrogen and oxygen atoms in total. The number of benzene rings is 2. The van der Waals surface area contributed by atoms with Gasteiger partial charge in [-0.3, -0.25) is 0 Å². The molecule has 5 heteroatoms. The Morgan fingerprint density at radius 2 is 1.86 bits per heavy atom. The van der Waals surface area contributed by atoms with Gasteiger partial charge < -0.3 is 19.5 Å². The largest absolute Gasteiger partial charge is 0.454 e. The molecule has 148 valence electrons. The van der Waals surface area contributed by atoms with Crippen LogP contribution in [-0.4, -0.2) is 24.0 Å². The summed E-state index contributed by atoms with van der Waals surface area (Å²) in [7, 11) is 0. The second kappa shape index (κ2) is 7.05. The Morgan fingerprint density at radius 1 is 1.04 bits per heavy atom. The third kappa shape index (κ3) is 3.16. The maximum atomic E-state index is 13.3. The highest BCUT2D eigenvalue weighted by molar-refractivity contribution is 5.45. The molecule has 5 rings (SSSR count). The molecule has 1 aliphatic carbocycles. The number of fused-ring (bicyclic) bond motifs is 2. The van der Waals surface area contributed by atoms with Crippen LogP contribution in [0.5, 0.6) is 11.5 Å². The molecule has 4 atom stereocenters. The second-order valence-electron chi connectivity index (χ2n) is 8.51. The van der Waals surface area contributed by atoms with Gasteiger partial charge in [0.15, 0.2) is 11.5 Å². The van der Waals surface area contributed by atoms with Crippen LogP contribution in [0, 0.1) is 11.7 Å². The van der Waals surface area contributed by atoms with E-state index in [1.807, 2.05) is 18.2 Å². The summed E-state index contributed by atoms with van der Waals surface area (Å²) in [6, 6.07) is 13.2. The molecule has 1 saturated heterocycles. The minimum absolute atomic E-state index is 0.193. The van der Waals surface area contributed by atoms with E-state index in [1.54, 1.807) is 0 Å². The minimum Gasteiger partial charge on any atom is -0.454 e. The van der Waals surface area contributed by atoms with Crippen molar-refractivity contribution in [2.45, 2.75) is 50.3 Å². The maximum Gasteiger partial charge on any atom is 0.231 e. The van der Waals surface area contributed by atoms with Gasteiger partial charge in [-0.2, -0.15) is 0 Å². The van der Waals surface area contributed by atoms with Gasteiger partial charge in [0, 0.05) is 23.5 Å². The lowest BCUT2D eigenvalue weighted by molar-refractivity contribution is -0.958. The Kier molecular flexibility index (Phi) is 4.52. The summed E-state index contributed by atoms with van der Waals surface area (Å²) in [4.78, 5) is 1.43. The van der Waals surface area contributed by atoms with Gasteiger partial charge in [0.05, 0.1) is 12.1 Å². The van der Waals surface area contributed by atoms with Gasteiger partial charge in [-0.1, -0.05) is 25.0 Å². The fraction of sp³-hybridized carbons (Fsp3) is 0.478. The number of rotatable bonds is 3. The summed E-state index contributed by atoms with van der Waals surface area (Å²) < 4.78 is 24.4. The van der Waals surface area contributed by atoms with Gasteiger partial charge in [-0.15, -0.1) is 0 Å². The van der Waals surface area contributed by atoms with Crippen molar-refractivity contribution in [3.8, 4) is 11.5 Å². The summed E-state index contributed by atoms with van der Waals surface area (Å²) in [5, 5.41) is 11.4. The number of halogens is 1. The Labute approximate surface area is 164 Å². The number of aliphatic hydroxyl groups is 1. The normalized spacial score (nSPS) is 31.4. The number of ether oxygens (including phenoxy) is 2. The molecular weight excluding hydrogens is 357 g/mol. The average molecular weight is 384 g/mol. The maximum absolute atomic E-state index is 13.3. The Morgan fingerprint density at radius 3 is 2.71 bits per heavy atom. The third-order valence-electron chi connectivity index (χ3n) is 6.89. The van der Waals surface area contributed by atoms with Gasteiger partial charge >= 0.3 is 0 Å². The lowest BCUT2D eigenvalue weighted by atomic mass is 9.66. The van der Waals surface area contributed by atoms with Crippen LogP contribution in [0.15, 0.2) is 42.5 Å². The van der Waals surface area contributed by atoms with Crippen molar-refractivity contribution in [3.05, 3.63) is 59.4 Å². The number of hydrogen-bond acceptors (Lipinski definition) is 3. The van der Waals surface area contributed by atoms with Crippen molar-refractivity contribution < 1.29 is 23.9 Å². The smallest absolute Gasteiger partial charge is 0.231 e. The zero-order chi connectivity index (χ0) is 19.1. The first-order valence-electron chi connectivity index (χ1n) is 10.3. The standard InChI is InChI=1S/C23H26FNO3/c24-18-7-4-16(5-8-18)14-25-12-11-23(26)10-2-1-3-19(23)22(25)17-6-9-20-21(13-17)28-15-27-20/h4-9,13,19,22,26H,1-3,10-12,14-15H2/p+1/t19-,22+,23-/m0/s1. The highest BCUT2D eigenvalue weighted by Gasteiger charge is 2.51. The van der Waals surface area contributed by atoms with E-state index < -0.39 is 5.60 Å². The van der Waals surface area contributed by atoms with E-state index in [-0.39, 0.29) is 24.6 Å². The molecule has 2 N–H and O–H groups in total. The van der Waals surface area contributed by atoms with E-state index in [0.29, 0.717) is 0 Å². The molecule has 0 radical (unpaired) electrons. The fourth-order valence-corrected chi connectivity index (χ4v) is 5.49. The highest BCUT2D eigenvalue weighted by Crippen LogP contribution is 2.45. The van der Waals surface area contributed by atoms with E-state index >= 15 is 0 Å². The van der Waals surface area contributed by atoms with Gasteiger partial charge in [0.1, 0.15) is 18.4 Å². The monoisotopic (exact) mass is 384 g/mol. The van der Waals surface area contributed by atoms with Gasteiger partial charge in [-0.25, -0.2) is 4.39 Å². The molecule has 1 unspecified atom stereocenters. The minimum atomic E-state index is -0.578. The first-order valence-corrected chi connectivity index (χ1v) is 10.3. The summed E-state index contributed by atoms with van der Waals surface area (Å²) in [6.45, 7) is 2.00. The van der Waals surface area contributed by atoms with Crippen LogP contribution in [0.2, 0.25) is 0 Å². The molecule has 0 aromatic heterocycles. The van der Waals surface area contributed by atoms with E-state index in [2.05, 4.69) is 12.1 Å². The van der Waals surface area contributed by atoms with E-state index in [4.69, 9.17) is 9.47 Å². The zero-order valence-corrected chi connectivity index (χ0v) is 16.0. The van der Waals surface area contributed by atoms with Crippen molar-refractivity contribution >= 4 is 0 Å². The predicted octanol–water partition coefficient (Wildman–Crippen LogP) is 3.01. The Bertz CT molecular complexity index is 855. The molecule has 28 heavy (non-hydrogen) atoms. The van der Waals surface area contributed by atoms with Crippen molar-refractivity contribution in [2.24, 2.45) is 5.92 Å². The van der Waals surface area contributed by atoms with Crippen LogP contribution >= 0.6 is 0 Å². The van der Waals surface area contributed by atoms with Gasteiger partial charge in [0.25, 0.3) is 0 Å². The van der Waals surface area contributed by atoms with Gasteiger partial charge in [0.2, 0.25) is 6.79 Å². The van der Waals surface area contributed by atoms with Crippen LogP contribution < -0.4 is 14.4 Å². The van der Waals surface area contributed by atoms with Crippen LogP contribution in [0.3, 0.4) is 0 Å². The number of piperidine rings is 1. The summed E-state index contributed by atoms with van der Waals surface area (Å²) >= 11 is 0. The van der Waals surface area contributed by atoms with Crippen LogP contribution in [0.25, 0.3) is 0 Å². The van der Waals surface area contributed by atoms with E-state index in [0.717, 1.165) is 62.3 Å². The number of likely N-dealkylation sites (tertiary alicyclic amines) is 1. The molecule has 2 aromatic rings. The van der Waals surface area contributed by atoms with E-state index in [1.165, 1.54) is 22.6 Å². The lowest BCUT2D eigenvalue weighted by Crippen LogP contribution is -3.13. The highest BCUT2D eigenvalue weighted by atomic mass is 19.1. The number of nitrogens with one attached hydrogen (secondary N) is 1. The van der Waals surface area contributed by atoms with Crippen LogP contribution in [0.1, 0.15) is 49.3 Å². The number of quaternary nitrogens is 1. The van der Waals surface area contributed by atoms with Crippen LogP contribution in [-0.2, 0) is 6.54 Å². The second-order valence-corrected chi connectivity index (χ2v) is 8.51. The molecule has 2 fully saturated rings. The van der Waals surface area contributed by atoms with Crippen molar-refractivity contribution in [3.63, 3.8) is 0 Å². The predicted molar refractivity (Wildman–Crippen MR) is 103 cm³/mol. The topological polar surface area (TPSA) is 43.1 Å². The number of hydrogen-bond donors (Lipinski definition) is 2. The first-order chi connectivity index (χ1) is 13.6. The molecule has 2 aromatic carbocycles. The summed E-state index contributed by atoms with van der Waals surface area (Å²) in [6.07, 6.45) is 5.03. The SMILES string of the molecule is O[C@]12CCCC[C@H]1[C@@H](c1ccc3c(c1)OCO3)[NH+](Cc1ccc(F)cc1)CC2. The lowest BCUT2D eigenvalue weighted by Gasteiger charge is -2.50. The van der Waals surface area contributed by atoms with Crippen LogP contribution in [0.4, 0.5) is 4.39 Å². The molecule has 2 heterocycles. The molecule has 3 aliphatic rings. The summed E-state index contributed by atoms with van der Waals surface area (Å²) in [5.41, 5.74) is 1.75. The Hall–Kier alpha value is -2.11. The quantitative estimate of drug-likeness (QED) is 0.855. The molecule has 0 spiro atoms. The molecule has 0 bridgehead atoms. The Balaban J connectivity index is 1.50. The molecule has 0 amide bonds. The first kappa shape index (κ1) is 18.0. The fourth-order valence-electron chi connectivity index (χ4n) is 5.49.